The maximum atomic E-state index is 6.05. The van der Waals surface area contributed by atoms with Crippen molar-refractivity contribution in [3.63, 3.8) is 0 Å². The van der Waals surface area contributed by atoms with Crippen molar-refractivity contribution in [2.45, 2.75) is 25.5 Å². The van der Waals surface area contributed by atoms with E-state index < -0.39 is 0 Å². The summed E-state index contributed by atoms with van der Waals surface area (Å²) < 4.78 is 5.62. The minimum Gasteiger partial charge on any atom is -0.376 e. The SMILES string of the molecule is S=C(NC[C@@H]1CCCO1)N1CCN(Cc2cccc(Cl)c2)CC1. The zero-order valence-electron chi connectivity index (χ0n) is 13.3. The first-order valence-corrected chi connectivity index (χ1v) is 9.10. The molecular weight excluding hydrogens is 330 g/mol. The van der Waals surface area contributed by atoms with E-state index >= 15 is 0 Å². The fraction of sp³-hybridized carbons (Fsp3) is 0.588. The van der Waals surface area contributed by atoms with Crippen LogP contribution in [0.2, 0.25) is 5.02 Å². The Balaban J connectivity index is 1.40. The maximum Gasteiger partial charge on any atom is 0.169 e. The average Bonchev–Trinajstić information content (AvgIpc) is 3.07. The Labute approximate surface area is 148 Å². The largest absolute Gasteiger partial charge is 0.376 e. The van der Waals surface area contributed by atoms with Crippen molar-refractivity contribution in [2.75, 3.05) is 39.3 Å². The van der Waals surface area contributed by atoms with Gasteiger partial charge in [-0.1, -0.05) is 23.7 Å². The van der Waals surface area contributed by atoms with Crippen molar-refractivity contribution in [1.82, 2.24) is 15.1 Å². The van der Waals surface area contributed by atoms with E-state index in [0.717, 1.165) is 62.4 Å². The lowest BCUT2D eigenvalue weighted by Gasteiger charge is -2.36. The zero-order valence-corrected chi connectivity index (χ0v) is 14.9. The summed E-state index contributed by atoms with van der Waals surface area (Å²) >= 11 is 11.6. The van der Waals surface area contributed by atoms with Crippen molar-refractivity contribution in [2.24, 2.45) is 0 Å². The van der Waals surface area contributed by atoms with Crippen LogP contribution in [0.3, 0.4) is 0 Å². The molecule has 1 aromatic carbocycles. The molecule has 0 amide bonds. The van der Waals surface area contributed by atoms with Crippen LogP contribution in [0.25, 0.3) is 0 Å². The van der Waals surface area contributed by atoms with Crippen molar-refractivity contribution >= 4 is 28.9 Å². The molecular formula is C17H24ClN3OS. The van der Waals surface area contributed by atoms with Gasteiger partial charge >= 0.3 is 0 Å². The Morgan fingerprint density at radius 2 is 2.13 bits per heavy atom. The van der Waals surface area contributed by atoms with Gasteiger partial charge in [0.2, 0.25) is 0 Å². The number of ether oxygens (including phenoxy) is 1. The minimum atomic E-state index is 0.331. The first-order valence-electron chi connectivity index (χ1n) is 8.32. The zero-order chi connectivity index (χ0) is 16.1. The number of thiocarbonyl (C=S) groups is 1. The van der Waals surface area contributed by atoms with Crippen LogP contribution in [0.5, 0.6) is 0 Å². The predicted molar refractivity (Wildman–Crippen MR) is 97.9 cm³/mol. The van der Waals surface area contributed by atoms with Crippen molar-refractivity contribution < 1.29 is 4.74 Å². The van der Waals surface area contributed by atoms with E-state index in [2.05, 4.69) is 21.2 Å². The minimum absolute atomic E-state index is 0.331. The number of hydrogen-bond acceptors (Lipinski definition) is 3. The number of piperazine rings is 1. The average molecular weight is 354 g/mol. The van der Waals surface area contributed by atoms with E-state index in [1.807, 2.05) is 18.2 Å². The van der Waals surface area contributed by atoms with E-state index in [1.165, 1.54) is 12.0 Å². The Morgan fingerprint density at radius 1 is 1.30 bits per heavy atom. The lowest BCUT2D eigenvalue weighted by atomic mass is 10.2. The third kappa shape index (κ3) is 5.05. The standard InChI is InChI=1S/C17H24ClN3OS/c18-15-4-1-3-14(11-15)13-20-6-8-21(9-7-20)17(23)19-12-16-5-2-10-22-16/h1,3-4,11,16H,2,5-10,12-13H2,(H,19,23)/t16-/m0/s1. The quantitative estimate of drug-likeness (QED) is 0.840. The predicted octanol–water partition coefficient (Wildman–Crippen LogP) is 2.51. The normalized spacial score (nSPS) is 22.3. The second kappa shape index (κ2) is 8.29. The van der Waals surface area contributed by atoms with Gasteiger partial charge in [-0.25, -0.2) is 0 Å². The molecule has 3 rings (SSSR count). The van der Waals surface area contributed by atoms with E-state index in [9.17, 15) is 0 Å². The van der Waals surface area contributed by atoms with Gasteiger partial charge in [0.15, 0.2) is 5.11 Å². The van der Waals surface area contributed by atoms with Gasteiger partial charge in [-0.05, 0) is 42.8 Å². The molecule has 2 heterocycles. The first-order chi connectivity index (χ1) is 11.2. The van der Waals surface area contributed by atoms with Gasteiger partial charge in [0, 0.05) is 50.9 Å². The molecule has 0 aromatic heterocycles. The molecule has 0 aliphatic carbocycles. The van der Waals surface area contributed by atoms with E-state index in [1.54, 1.807) is 0 Å². The highest BCUT2D eigenvalue weighted by atomic mass is 35.5. The molecule has 1 aromatic rings. The molecule has 1 atom stereocenters. The molecule has 2 saturated heterocycles. The molecule has 2 fully saturated rings. The monoisotopic (exact) mass is 353 g/mol. The molecule has 0 radical (unpaired) electrons. The molecule has 0 unspecified atom stereocenters. The summed E-state index contributed by atoms with van der Waals surface area (Å²) in [6.07, 6.45) is 2.64. The van der Waals surface area contributed by atoms with E-state index in [0.29, 0.717) is 6.10 Å². The van der Waals surface area contributed by atoms with Crippen LogP contribution in [0.4, 0.5) is 0 Å². The van der Waals surface area contributed by atoms with Crippen LogP contribution in [-0.2, 0) is 11.3 Å². The summed E-state index contributed by atoms with van der Waals surface area (Å²) in [7, 11) is 0. The van der Waals surface area contributed by atoms with Gasteiger partial charge in [-0.3, -0.25) is 4.90 Å². The van der Waals surface area contributed by atoms with Crippen molar-refractivity contribution in [3.05, 3.63) is 34.9 Å². The number of benzene rings is 1. The first kappa shape index (κ1) is 17.0. The maximum absolute atomic E-state index is 6.05. The molecule has 4 nitrogen and oxygen atoms in total. The third-order valence-electron chi connectivity index (χ3n) is 4.46. The van der Waals surface area contributed by atoms with Gasteiger partial charge in [0.1, 0.15) is 0 Å². The molecule has 2 aliphatic rings. The van der Waals surface area contributed by atoms with Gasteiger partial charge in [0.25, 0.3) is 0 Å². The van der Waals surface area contributed by atoms with Crippen LogP contribution in [-0.4, -0.2) is 60.3 Å². The van der Waals surface area contributed by atoms with Gasteiger partial charge in [-0.2, -0.15) is 0 Å². The summed E-state index contributed by atoms with van der Waals surface area (Å²) in [6, 6.07) is 8.10. The second-order valence-corrected chi connectivity index (χ2v) is 7.04. The molecule has 0 saturated carbocycles. The van der Waals surface area contributed by atoms with Crippen LogP contribution in [0.1, 0.15) is 18.4 Å². The molecule has 1 N–H and O–H groups in total. The Bertz CT molecular complexity index is 528. The topological polar surface area (TPSA) is 27.7 Å². The number of nitrogens with zero attached hydrogens (tertiary/aromatic N) is 2. The van der Waals surface area contributed by atoms with E-state index in [-0.39, 0.29) is 0 Å². The molecule has 0 bridgehead atoms. The number of hydrogen-bond donors (Lipinski definition) is 1. The molecule has 6 heteroatoms. The highest BCUT2D eigenvalue weighted by molar-refractivity contribution is 7.80. The third-order valence-corrected chi connectivity index (χ3v) is 5.10. The summed E-state index contributed by atoms with van der Waals surface area (Å²) in [6.45, 7) is 6.66. The summed E-state index contributed by atoms with van der Waals surface area (Å²) in [5.74, 6) is 0. The summed E-state index contributed by atoms with van der Waals surface area (Å²) in [5.41, 5.74) is 1.27. The Morgan fingerprint density at radius 3 is 2.83 bits per heavy atom. The molecule has 0 spiro atoms. The van der Waals surface area contributed by atoms with Crippen LogP contribution < -0.4 is 5.32 Å². The fourth-order valence-corrected chi connectivity index (χ4v) is 3.60. The van der Waals surface area contributed by atoms with Crippen LogP contribution in [0.15, 0.2) is 24.3 Å². The van der Waals surface area contributed by atoms with Gasteiger partial charge in [0.05, 0.1) is 6.10 Å². The van der Waals surface area contributed by atoms with Crippen LogP contribution in [0, 0.1) is 0 Å². The lowest BCUT2D eigenvalue weighted by molar-refractivity contribution is 0.112. The Hall–Kier alpha value is -0.880. The van der Waals surface area contributed by atoms with Crippen molar-refractivity contribution in [1.29, 1.82) is 0 Å². The second-order valence-electron chi connectivity index (χ2n) is 6.21. The van der Waals surface area contributed by atoms with Gasteiger partial charge in [-0.15, -0.1) is 0 Å². The highest BCUT2D eigenvalue weighted by Gasteiger charge is 2.21. The fourth-order valence-electron chi connectivity index (χ4n) is 3.12. The lowest BCUT2D eigenvalue weighted by Crippen LogP contribution is -2.52. The number of nitrogens with one attached hydrogen (secondary N) is 1. The molecule has 23 heavy (non-hydrogen) atoms. The Kier molecular flexibility index (Phi) is 6.11. The summed E-state index contributed by atoms with van der Waals surface area (Å²) in [5, 5.41) is 5.03. The number of rotatable bonds is 4. The highest BCUT2D eigenvalue weighted by Crippen LogP contribution is 2.14. The molecule has 126 valence electrons. The van der Waals surface area contributed by atoms with Crippen LogP contribution >= 0.6 is 23.8 Å². The smallest absolute Gasteiger partial charge is 0.169 e. The van der Waals surface area contributed by atoms with Gasteiger partial charge < -0.3 is 15.0 Å². The van der Waals surface area contributed by atoms with E-state index in [4.69, 9.17) is 28.6 Å². The number of halogens is 1. The molecule has 2 aliphatic heterocycles. The summed E-state index contributed by atoms with van der Waals surface area (Å²) in [4.78, 5) is 4.71. The van der Waals surface area contributed by atoms with Crippen molar-refractivity contribution in [3.8, 4) is 0 Å².